The van der Waals surface area contributed by atoms with Gasteiger partial charge in [0.2, 0.25) is 0 Å². The highest BCUT2D eigenvalue weighted by Crippen LogP contribution is 2.23. The van der Waals surface area contributed by atoms with Crippen LogP contribution in [-0.2, 0) is 0 Å². The number of hydrogen-bond donors (Lipinski definition) is 1. The summed E-state index contributed by atoms with van der Waals surface area (Å²) in [5.41, 5.74) is 1.66. The fraction of sp³-hybridized carbons (Fsp3) is 0.176. The molecule has 0 aliphatic carbocycles. The minimum absolute atomic E-state index is 0.131. The molecule has 0 aromatic heterocycles. The molecule has 0 spiro atoms. The SMILES string of the molecule is O=C(Nc1ccccc1)N1CCCSC1=Nc1ccccc1. The molecule has 3 rings (SSSR count). The summed E-state index contributed by atoms with van der Waals surface area (Å²) >= 11 is 1.62. The van der Waals surface area contributed by atoms with Crippen molar-refractivity contribution in [3.05, 3.63) is 60.7 Å². The van der Waals surface area contributed by atoms with Crippen LogP contribution in [0, 0.1) is 0 Å². The molecule has 0 unspecified atom stereocenters. The Balaban J connectivity index is 1.78. The third kappa shape index (κ3) is 3.68. The number of anilines is 1. The van der Waals surface area contributed by atoms with Gasteiger partial charge in [0.1, 0.15) is 0 Å². The largest absolute Gasteiger partial charge is 0.327 e. The van der Waals surface area contributed by atoms with Crippen LogP contribution < -0.4 is 5.32 Å². The molecular formula is C17H17N3OS. The van der Waals surface area contributed by atoms with E-state index in [1.807, 2.05) is 60.7 Å². The zero-order valence-corrected chi connectivity index (χ0v) is 12.9. The Kier molecular flexibility index (Phi) is 4.75. The summed E-state index contributed by atoms with van der Waals surface area (Å²) in [6.45, 7) is 0.692. The number of nitrogens with one attached hydrogen (secondary N) is 1. The topological polar surface area (TPSA) is 44.7 Å². The summed E-state index contributed by atoms with van der Waals surface area (Å²) in [6.07, 6.45) is 0.973. The van der Waals surface area contributed by atoms with Gasteiger partial charge in [0.15, 0.2) is 5.17 Å². The third-order valence-corrected chi connectivity index (χ3v) is 4.30. The van der Waals surface area contributed by atoms with E-state index in [4.69, 9.17) is 0 Å². The standard InChI is InChI=1S/C17H17N3OS/c21-16(18-14-8-3-1-4-9-14)20-12-7-13-22-17(20)19-15-10-5-2-6-11-15/h1-6,8-11H,7,12-13H2,(H,18,21). The fourth-order valence-corrected chi connectivity index (χ4v) is 3.12. The number of benzene rings is 2. The van der Waals surface area contributed by atoms with Gasteiger partial charge in [0.05, 0.1) is 5.69 Å². The minimum Gasteiger partial charge on any atom is -0.307 e. The number of para-hydroxylation sites is 2. The predicted octanol–water partition coefficient (Wildman–Crippen LogP) is 4.35. The maximum Gasteiger partial charge on any atom is 0.327 e. The van der Waals surface area contributed by atoms with E-state index >= 15 is 0 Å². The first kappa shape index (κ1) is 14.7. The van der Waals surface area contributed by atoms with Crippen molar-refractivity contribution in [3.8, 4) is 0 Å². The molecule has 112 valence electrons. The van der Waals surface area contributed by atoms with Crippen molar-refractivity contribution in [3.63, 3.8) is 0 Å². The maximum atomic E-state index is 12.5. The molecule has 22 heavy (non-hydrogen) atoms. The van der Waals surface area contributed by atoms with Gasteiger partial charge in [-0.2, -0.15) is 0 Å². The number of nitrogens with zero attached hydrogens (tertiary/aromatic N) is 2. The number of urea groups is 1. The van der Waals surface area contributed by atoms with E-state index in [2.05, 4.69) is 10.3 Å². The molecule has 5 heteroatoms. The second-order valence-corrected chi connectivity index (χ2v) is 5.94. The molecule has 0 saturated carbocycles. The van der Waals surface area contributed by atoms with Crippen LogP contribution in [0.25, 0.3) is 0 Å². The Labute approximate surface area is 134 Å². The highest BCUT2D eigenvalue weighted by atomic mass is 32.2. The Morgan fingerprint density at radius 3 is 2.45 bits per heavy atom. The lowest BCUT2D eigenvalue weighted by Gasteiger charge is -2.27. The summed E-state index contributed by atoms with van der Waals surface area (Å²) in [4.78, 5) is 18.8. The van der Waals surface area contributed by atoms with Crippen molar-refractivity contribution in [1.29, 1.82) is 0 Å². The van der Waals surface area contributed by atoms with Gasteiger partial charge in [-0.1, -0.05) is 48.2 Å². The second kappa shape index (κ2) is 7.13. The van der Waals surface area contributed by atoms with Crippen LogP contribution in [0.3, 0.4) is 0 Å². The van der Waals surface area contributed by atoms with E-state index in [1.165, 1.54) is 0 Å². The van der Waals surface area contributed by atoms with Crippen molar-refractivity contribution >= 4 is 34.3 Å². The van der Waals surface area contributed by atoms with E-state index in [1.54, 1.807) is 16.7 Å². The van der Waals surface area contributed by atoms with Crippen LogP contribution >= 0.6 is 11.8 Å². The summed E-state index contributed by atoms with van der Waals surface area (Å²) in [7, 11) is 0. The molecule has 1 N–H and O–H groups in total. The predicted molar refractivity (Wildman–Crippen MR) is 92.8 cm³/mol. The number of hydrogen-bond acceptors (Lipinski definition) is 3. The first-order valence-electron chi connectivity index (χ1n) is 7.23. The maximum absolute atomic E-state index is 12.5. The summed E-state index contributed by atoms with van der Waals surface area (Å²) in [5.74, 6) is 0.987. The zero-order valence-electron chi connectivity index (χ0n) is 12.1. The molecule has 2 aromatic carbocycles. The Morgan fingerprint density at radius 1 is 1.05 bits per heavy atom. The average molecular weight is 311 g/mol. The lowest BCUT2D eigenvalue weighted by molar-refractivity contribution is 0.234. The molecule has 1 heterocycles. The van der Waals surface area contributed by atoms with Gasteiger partial charge in [-0.25, -0.2) is 9.79 Å². The van der Waals surface area contributed by atoms with Gasteiger partial charge in [0.25, 0.3) is 0 Å². The van der Waals surface area contributed by atoms with E-state index in [0.29, 0.717) is 6.54 Å². The van der Waals surface area contributed by atoms with Gasteiger partial charge in [0, 0.05) is 18.0 Å². The van der Waals surface area contributed by atoms with Crippen LogP contribution in [0.15, 0.2) is 65.7 Å². The molecule has 0 atom stereocenters. The Bertz CT molecular complexity index is 658. The van der Waals surface area contributed by atoms with Gasteiger partial charge < -0.3 is 5.32 Å². The first-order valence-corrected chi connectivity index (χ1v) is 8.21. The molecule has 0 radical (unpaired) electrons. The number of amides is 2. The Morgan fingerprint density at radius 2 is 1.73 bits per heavy atom. The van der Waals surface area contributed by atoms with E-state index < -0.39 is 0 Å². The van der Waals surface area contributed by atoms with Crippen molar-refractivity contribution in [2.45, 2.75) is 6.42 Å². The number of carbonyl (C=O) groups excluding carboxylic acids is 1. The lowest BCUT2D eigenvalue weighted by atomic mass is 10.3. The van der Waals surface area contributed by atoms with Crippen LogP contribution in [0.1, 0.15) is 6.42 Å². The lowest BCUT2D eigenvalue weighted by Crippen LogP contribution is -2.41. The molecule has 1 saturated heterocycles. The van der Waals surface area contributed by atoms with Gasteiger partial charge >= 0.3 is 6.03 Å². The molecule has 4 nitrogen and oxygen atoms in total. The van der Waals surface area contributed by atoms with Crippen molar-refractivity contribution in [2.24, 2.45) is 4.99 Å². The van der Waals surface area contributed by atoms with Crippen LogP contribution in [0.5, 0.6) is 0 Å². The van der Waals surface area contributed by atoms with Crippen LogP contribution in [-0.4, -0.2) is 28.4 Å². The zero-order chi connectivity index (χ0) is 15.2. The summed E-state index contributed by atoms with van der Waals surface area (Å²) < 4.78 is 0. The smallest absolute Gasteiger partial charge is 0.307 e. The fourth-order valence-electron chi connectivity index (χ4n) is 2.17. The monoisotopic (exact) mass is 311 g/mol. The molecule has 2 amide bonds. The summed E-state index contributed by atoms with van der Waals surface area (Å²) in [5, 5.41) is 3.68. The average Bonchev–Trinajstić information content (AvgIpc) is 2.57. The Hall–Kier alpha value is -2.27. The molecular weight excluding hydrogens is 294 g/mol. The number of thioether (sulfide) groups is 1. The number of carbonyl (C=O) groups is 1. The van der Waals surface area contributed by atoms with E-state index in [0.717, 1.165) is 28.7 Å². The second-order valence-electron chi connectivity index (χ2n) is 4.88. The minimum atomic E-state index is -0.131. The van der Waals surface area contributed by atoms with E-state index in [-0.39, 0.29) is 6.03 Å². The number of amidine groups is 1. The summed E-state index contributed by atoms with van der Waals surface area (Å²) in [6, 6.07) is 19.1. The van der Waals surface area contributed by atoms with E-state index in [9.17, 15) is 4.79 Å². The quantitative estimate of drug-likeness (QED) is 0.896. The van der Waals surface area contributed by atoms with Crippen LogP contribution in [0.4, 0.5) is 16.2 Å². The normalized spacial score (nSPS) is 16.5. The van der Waals surface area contributed by atoms with Crippen molar-refractivity contribution in [2.75, 3.05) is 17.6 Å². The highest BCUT2D eigenvalue weighted by Gasteiger charge is 2.23. The first-order chi connectivity index (χ1) is 10.8. The molecule has 1 aliphatic heterocycles. The number of aliphatic imine (C=N–C) groups is 1. The molecule has 0 bridgehead atoms. The number of rotatable bonds is 2. The van der Waals surface area contributed by atoms with Gasteiger partial charge in [-0.05, 0) is 30.7 Å². The molecule has 1 aliphatic rings. The highest BCUT2D eigenvalue weighted by molar-refractivity contribution is 8.13. The molecule has 1 fully saturated rings. The third-order valence-electron chi connectivity index (χ3n) is 3.24. The molecule has 2 aromatic rings. The van der Waals surface area contributed by atoms with Gasteiger partial charge in [-0.3, -0.25) is 4.90 Å². The van der Waals surface area contributed by atoms with Gasteiger partial charge in [-0.15, -0.1) is 0 Å². The van der Waals surface area contributed by atoms with Crippen molar-refractivity contribution < 1.29 is 4.79 Å². The van der Waals surface area contributed by atoms with Crippen LogP contribution in [0.2, 0.25) is 0 Å². The van der Waals surface area contributed by atoms with Crippen molar-refractivity contribution in [1.82, 2.24) is 4.90 Å².